The third-order valence-electron chi connectivity index (χ3n) is 5.21. The molecule has 1 nitrogen and oxygen atoms in total. The molecule has 2 bridgehead atoms. The summed E-state index contributed by atoms with van der Waals surface area (Å²) in [4.78, 5) is 0. The van der Waals surface area contributed by atoms with E-state index in [-0.39, 0.29) is 5.41 Å². The molecule has 2 fully saturated rings. The molecular formula is C16H21F2N. The fourth-order valence-electron chi connectivity index (χ4n) is 4.47. The molecule has 0 radical (unpaired) electrons. The lowest BCUT2D eigenvalue weighted by Gasteiger charge is -2.38. The van der Waals surface area contributed by atoms with Gasteiger partial charge in [0.2, 0.25) is 0 Å². The average molecular weight is 265 g/mol. The highest BCUT2D eigenvalue weighted by Crippen LogP contribution is 2.57. The number of rotatable bonds is 4. The number of hydrogen-bond acceptors (Lipinski definition) is 1. The predicted molar refractivity (Wildman–Crippen MR) is 71.9 cm³/mol. The Morgan fingerprint density at radius 3 is 2.79 bits per heavy atom. The van der Waals surface area contributed by atoms with Crippen LogP contribution >= 0.6 is 0 Å². The Kier molecular flexibility index (Phi) is 3.34. The highest BCUT2D eigenvalue weighted by atomic mass is 19.2. The van der Waals surface area contributed by atoms with Crippen LogP contribution in [0.2, 0.25) is 0 Å². The summed E-state index contributed by atoms with van der Waals surface area (Å²) >= 11 is 0. The van der Waals surface area contributed by atoms with Crippen molar-refractivity contribution < 1.29 is 8.78 Å². The highest BCUT2D eigenvalue weighted by Gasteiger charge is 2.50. The molecule has 0 aromatic heterocycles. The van der Waals surface area contributed by atoms with Gasteiger partial charge in [-0.1, -0.05) is 18.6 Å². The van der Waals surface area contributed by atoms with Gasteiger partial charge in [0.1, 0.15) is 0 Å². The first-order valence-corrected chi connectivity index (χ1v) is 7.22. The molecule has 3 atom stereocenters. The number of fused-ring (bicyclic) bond motifs is 2. The van der Waals surface area contributed by atoms with Crippen LogP contribution in [0.3, 0.4) is 0 Å². The number of nitrogens with one attached hydrogen (secondary N) is 1. The molecule has 2 saturated carbocycles. The summed E-state index contributed by atoms with van der Waals surface area (Å²) in [7, 11) is 1.95. The maximum Gasteiger partial charge on any atom is 0.162 e. The molecule has 0 saturated heterocycles. The second-order valence-corrected chi connectivity index (χ2v) is 6.36. The summed E-state index contributed by atoms with van der Waals surface area (Å²) in [6.45, 7) is 0.907. The van der Waals surface area contributed by atoms with Crippen LogP contribution in [0.1, 0.15) is 31.2 Å². The van der Waals surface area contributed by atoms with Crippen LogP contribution in [-0.4, -0.2) is 13.6 Å². The number of halogens is 2. The summed E-state index contributed by atoms with van der Waals surface area (Å²) in [5, 5.41) is 3.27. The van der Waals surface area contributed by atoms with Gasteiger partial charge in [-0.15, -0.1) is 0 Å². The van der Waals surface area contributed by atoms with Gasteiger partial charge in [-0.25, -0.2) is 8.78 Å². The normalized spacial score (nSPS) is 33.0. The van der Waals surface area contributed by atoms with Gasteiger partial charge in [0, 0.05) is 6.54 Å². The molecule has 1 aromatic carbocycles. The van der Waals surface area contributed by atoms with Crippen molar-refractivity contribution in [1.29, 1.82) is 0 Å². The second-order valence-electron chi connectivity index (χ2n) is 6.36. The topological polar surface area (TPSA) is 12.0 Å². The quantitative estimate of drug-likeness (QED) is 0.878. The summed E-state index contributed by atoms with van der Waals surface area (Å²) in [6.07, 6.45) is 5.68. The number of benzene rings is 1. The molecule has 1 aromatic rings. The van der Waals surface area contributed by atoms with Crippen molar-refractivity contribution in [2.24, 2.45) is 17.3 Å². The fourth-order valence-corrected chi connectivity index (χ4v) is 4.47. The highest BCUT2D eigenvalue weighted by molar-refractivity contribution is 5.22. The first-order chi connectivity index (χ1) is 9.14. The van der Waals surface area contributed by atoms with Crippen LogP contribution in [0.15, 0.2) is 18.2 Å². The Bertz CT molecular complexity index is 474. The molecule has 0 aliphatic heterocycles. The first-order valence-electron chi connectivity index (χ1n) is 7.22. The van der Waals surface area contributed by atoms with Crippen molar-refractivity contribution in [2.45, 2.75) is 32.1 Å². The van der Waals surface area contributed by atoms with Crippen LogP contribution in [0.4, 0.5) is 8.78 Å². The van der Waals surface area contributed by atoms with Gasteiger partial charge in [0.25, 0.3) is 0 Å². The lowest BCUT2D eigenvalue weighted by atomic mass is 9.69. The Morgan fingerprint density at radius 2 is 2.16 bits per heavy atom. The Labute approximate surface area is 113 Å². The van der Waals surface area contributed by atoms with Gasteiger partial charge in [-0.05, 0) is 61.6 Å². The zero-order valence-corrected chi connectivity index (χ0v) is 11.4. The van der Waals surface area contributed by atoms with E-state index in [0.29, 0.717) is 17.9 Å². The number of hydrogen-bond donors (Lipinski definition) is 1. The summed E-state index contributed by atoms with van der Waals surface area (Å²) < 4.78 is 27.3. The molecule has 1 N–H and O–H groups in total. The van der Waals surface area contributed by atoms with Crippen molar-refractivity contribution in [3.05, 3.63) is 35.4 Å². The zero-order valence-electron chi connectivity index (χ0n) is 11.4. The van der Waals surface area contributed by atoms with Crippen LogP contribution in [0.5, 0.6) is 0 Å². The van der Waals surface area contributed by atoms with Crippen molar-refractivity contribution in [3.8, 4) is 0 Å². The third kappa shape index (κ3) is 2.18. The molecule has 2 aliphatic carbocycles. The minimum absolute atomic E-state index is 0.131. The van der Waals surface area contributed by atoms with Crippen LogP contribution < -0.4 is 5.32 Å². The van der Waals surface area contributed by atoms with E-state index in [9.17, 15) is 8.78 Å². The minimum Gasteiger partial charge on any atom is -0.319 e. The van der Waals surface area contributed by atoms with E-state index in [4.69, 9.17) is 0 Å². The first kappa shape index (κ1) is 13.0. The van der Waals surface area contributed by atoms with E-state index < -0.39 is 11.6 Å². The second kappa shape index (κ2) is 4.86. The van der Waals surface area contributed by atoms with Crippen LogP contribution in [-0.2, 0) is 6.42 Å². The van der Waals surface area contributed by atoms with Crippen molar-refractivity contribution in [2.75, 3.05) is 13.6 Å². The largest absolute Gasteiger partial charge is 0.319 e. The maximum atomic E-state index is 13.9. The Balaban J connectivity index is 1.88. The smallest absolute Gasteiger partial charge is 0.162 e. The molecule has 2 aliphatic rings. The summed E-state index contributed by atoms with van der Waals surface area (Å²) in [5.74, 6) is 0.101. The van der Waals surface area contributed by atoms with Gasteiger partial charge in [0.15, 0.2) is 11.6 Å². The van der Waals surface area contributed by atoms with Crippen molar-refractivity contribution in [3.63, 3.8) is 0 Å². The molecule has 3 heteroatoms. The lowest BCUT2D eigenvalue weighted by molar-refractivity contribution is 0.158. The predicted octanol–water partition coefficient (Wildman–Crippen LogP) is 3.53. The third-order valence-corrected chi connectivity index (χ3v) is 5.21. The molecule has 0 heterocycles. The SMILES string of the molecule is CNCC1(Cc2cccc(F)c2F)CC2CCC1C2. The molecular weight excluding hydrogens is 244 g/mol. The molecule has 0 spiro atoms. The Hall–Kier alpha value is -0.960. The molecule has 3 rings (SSSR count). The summed E-state index contributed by atoms with van der Waals surface area (Å²) in [5.41, 5.74) is 0.676. The zero-order chi connectivity index (χ0) is 13.5. The molecule has 3 unspecified atom stereocenters. The fraction of sp³-hybridized carbons (Fsp3) is 0.625. The monoisotopic (exact) mass is 265 g/mol. The van der Waals surface area contributed by atoms with E-state index >= 15 is 0 Å². The van der Waals surface area contributed by atoms with Crippen molar-refractivity contribution >= 4 is 0 Å². The minimum atomic E-state index is -0.722. The van der Waals surface area contributed by atoms with E-state index in [1.165, 1.54) is 25.3 Å². The van der Waals surface area contributed by atoms with Gasteiger partial charge >= 0.3 is 0 Å². The van der Waals surface area contributed by atoms with Crippen molar-refractivity contribution in [1.82, 2.24) is 5.32 Å². The van der Waals surface area contributed by atoms with Crippen LogP contribution in [0, 0.1) is 28.9 Å². The molecule has 19 heavy (non-hydrogen) atoms. The lowest BCUT2D eigenvalue weighted by Crippen LogP contribution is -2.39. The van der Waals surface area contributed by atoms with Gasteiger partial charge in [0.05, 0.1) is 0 Å². The molecule has 104 valence electrons. The van der Waals surface area contributed by atoms with Gasteiger partial charge in [-0.2, -0.15) is 0 Å². The van der Waals surface area contributed by atoms with E-state index in [1.807, 2.05) is 7.05 Å². The van der Waals surface area contributed by atoms with Gasteiger partial charge in [-0.3, -0.25) is 0 Å². The van der Waals surface area contributed by atoms with E-state index in [2.05, 4.69) is 5.32 Å². The Morgan fingerprint density at radius 1 is 1.32 bits per heavy atom. The van der Waals surface area contributed by atoms with Gasteiger partial charge < -0.3 is 5.32 Å². The summed E-state index contributed by atoms with van der Waals surface area (Å²) in [6, 6.07) is 4.56. The maximum absolute atomic E-state index is 13.9. The molecule has 0 amide bonds. The standard InChI is InChI=1S/C16H21F2N/c1-19-10-16(8-11-5-6-13(16)7-11)9-12-3-2-4-14(17)15(12)18/h2-4,11,13,19H,5-10H2,1H3. The van der Waals surface area contributed by atoms with E-state index in [1.54, 1.807) is 12.1 Å². The van der Waals surface area contributed by atoms with E-state index in [0.717, 1.165) is 18.9 Å². The van der Waals surface area contributed by atoms with Crippen LogP contribution in [0.25, 0.3) is 0 Å². The average Bonchev–Trinajstić information content (AvgIpc) is 2.96.